The van der Waals surface area contributed by atoms with Gasteiger partial charge in [0.2, 0.25) is 5.82 Å². The quantitative estimate of drug-likeness (QED) is 0.281. The van der Waals surface area contributed by atoms with E-state index in [-0.39, 0.29) is 23.8 Å². The summed E-state index contributed by atoms with van der Waals surface area (Å²) in [4.78, 5) is 24.7. The first-order valence-corrected chi connectivity index (χ1v) is 9.49. The minimum atomic E-state index is -0.547. The normalized spacial score (nSPS) is 10.7. The molecule has 11 heteroatoms. The zero-order chi connectivity index (χ0) is 22.9. The Hall–Kier alpha value is -4.54. The summed E-state index contributed by atoms with van der Waals surface area (Å²) in [7, 11) is 0. The van der Waals surface area contributed by atoms with Crippen LogP contribution in [0.15, 0.2) is 65.9 Å². The van der Waals surface area contributed by atoms with Gasteiger partial charge in [0.1, 0.15) is 6.61 Å². The molecule has 0 spiro atoms. The number of nitro benzene ring substituents is 1. The SMILES string of the molecule is CCOc1cc(/C=N\Nc2ncccc2[N+](=O)[O-])ccc1OCc1ccc([N+](=O)[O-])cc1. The second kappa shape index (κ2) is 10.5. The Morgan fingerprint density at radius 1 is 1.03 bits per heavy atom. The molecule has 32 heavy (non-hydrogen) atoms. The van der Waals surface area contributed by atoms with Crippen molar-refractivity contribution in [2.45, 2.75) is 13.5 Å². The predicted octanol–water partition coefficient (Wildman–Crippen LogP) is 4.32. The Morgan fingerprint density at radius 3 is 2.50 bits per heavy atom. The number of hydrogen-bond donors (Lipinski definition) is 1. The van der Waals surface area contributed by atoms with Crippen LogP contribution >= 0.6 is 0 Å². The number of rotatable bonds is 10. The van der Waals surface area contributed by atoms with Crippen molar-refractivity contribution in [1.82, 2.24) is 4.98 Å². The molecule has 0 atom stereocenters. The van der Waals surface area contributed by atoms with E-state index < -0.39 is 9.85 Å². The van der Waals surface area contributed by atoms with Crippen LogP contribution in [0.5, 0.6) is 11.5 Å². The van der Waals surface area contributed by atoms with E-state index in [1.807, 2.05) is 6.92 Å². The van der Waals surface area contributed by atoms with Gasteiger partial charge in [0.25, 0.3) is 5.69 Å². The van der Waals surface area contributed by atoms with Gasteiger partial charge in [-0.1, -0.05) is 0 Å². The molecule has 3 rings (SSSR count). The lowest BCUT2D eigenvalue weighted by molar-refractivity contribution is -0.384. The number of non-ortho nitro benzene ring substituents is 1. The summed E-state index contributed by atoms with van der Waals surface area (Å²) < 4.78 is 11.4. The van der Waals surface area contributed by atoms with E-state index in [1.54, 1.807) is 30.3 Å². The molecule has 1 aromatic heterocycles. The van der Waals surface area contributed by atoms with Crippen LogP contribution in [-0.4, -0.2) is 27.7 Å². The van der Waals surface area contributed by atoms with Gasteiger partial charge in [-0.2, -0.15) is 5.10 Å². The average molecular weight is 437 g/mol. The number of nitro groups is 2. The Bertz CT molecular complexity index is 1130. The molecule has 0 aliphatic carbocycles. The minimum Gasteiger partial charge on any atom is -0.490 e. The van der Waals surface area contributed by atoms with Crippen LogP contribution in [0.2, 0.25) is 0 Å². The first kappa shape index (κ1) is 22.2. The molecule has 0 amide bonds. The Labute approximate surface area is 182 Å². The van der Waals surface area contributed by atoms with Crippen molar-refractivity contribution in [3.8, 4) is 11.5 Å². The number of hydrogen-bond acceptors (Lipinski definition) is 9. The summed E-state index contributed by atoms with van der Waals surface area (Å²) in [5.41, 5.74) is 3.83. The van der Waals surface area contributed by atoms with E-state index in [2.05, 4.69) is 15.5 Å². The minimum absolute atomic E-state index is 0.0111. The highest BCUT2D eigenvalue weighted by Gasteiger charge is 2.13. The Balaban J connectivity index is 1.69. The van der Waals surface area contributed by atoms with Crippen LogP contribution in [0.3, 0.4) is 0 Å². The standard InChI is InChI=1S/C21H19N5O6/c1-2-31-20-12-16(13-23-24-21-18(26(29)30)4-3-11-22-21)7-10-19(20)32-14-15-5-8-17(9-6-15)25(27)28/h3-13H,2,14H2,1H3,(H,22,24)/b23-13-. The lowest BCUT2D eigenvalue weighted by Crippen LogP contribution is -2.01. The topological polar surface area (TPSA) is 142 Å². The number of benzene rings is 2. The van der Waals surface area contributed by atoms with E-state index in [0.717, 1.165) is 5.56 Å². The van der Waals surface area contributed by atoms with Crippen LogP contribution in [0, 0.1) is 20.2 Å². The number of nitrogens with one attached hydrogen (secondary N) is 1. The second-order valence-corrected chi connectivity index (χ2v) is 6.35. The monoisotopic (exact) mass is 437 g/mol. The van der Waals surface area contributed by atoms with Gasteiger partial charge >= 0.3 is 5.69 Å². The third-order valence-electron chi connectivity index (χ3n) is 4.18. The van der Waals surface area contributed by atoms with Crippen LogP contribution in [0.4, 0.5) is 17.2 Å². The van der Waals surface area contributed by atoms with Gasteiger partial charge in [-0.3, -0.25) is 25.7 Å². The van der Waals surface area contributed by atoms with Crippen molar-refractivity contribution in [1.29, 1.82) is 0 Å². The Morgan fingerprint density at radius 2 is 1.81 bits per heavy atom. The smallest absolute Gasteiger partial charge is 0.313 e. The van der Waals surface area contributed by atoms with Gasteiger partial charge in [0, 0.05) is 24.4 Å². The van der Waals surface area contributed by atoms with Crippen molar-refractivity contribution >= 4 is 23.4 Å². The second-order valence-electron chi connectivity index (χ2n) is 6.35. The average Bonchev–Trinajstić information content (AvgIpc) is 2.79. The van der Waals surface area contributed by atoms with Gasteiger partial charge in [-0.15, -0.1) is 0 Å². The summed E-state index contributed by atoms with van der Waals surface area (Å²) in [6.07, 6.45) is 2.90. The number of anilines is 1. The maximum Gasteiger partial charge on any atom is 0.313 e. The number of hydrazone groups is 1. The summed E-state index contributed by atoms with van der Waals surface area (Å²) in [6.45, 7) is 2.45. The fourth-order valence-corrected chi connectivity index (χ4v) is 2.67. The first-order chi connectivity index (χ1) is 15.5. The zero-order valence-corrected chi connectivity index (χ0v) is 17.0. The zero-order valence-electron chi connectivity index (χ0n) is 17.0. The molecule has 0 aliphatic rings. The molecule has 0 saturated carbocycles. The molecule has 2 aromatic carbocycles. The molecular formula is C21H19N5O6. The molecule has 1 heterocycles. The molecule has 11 nitrogen and oxygen atoms in total. The van der Waals surface area contributed by atoms with Crippen LogP contribution < -0.4 is 14.9 Å². The van der Waals surface area contributed by atoms with Gasteiger partial charge in [0.05, 0.1) is 22.7 Å². The highest BCUT2D eigenvalue weighted by atomic mass is 16.6. The van der Waals surface area contributed by atoms with E-state index >= 15 is 0 Å². The third kappa shape index (κ3) is 5.75. The summed E-state index contributed by atoms with van der Waals surface area (Å²) in [5.74, 6) is 1.01. The van der Waals surface area contributed by atoms with Crippen LogP contribution in [-0.2, 0) is 6.61 Å². The van der Waals surface area contributed by atoms with Crippen LogP contribution in [0.1, 0.15) is 18.1 Å². The van der Waals surface area contributed by atoms with Crippen molar-refractivity contribution in [3.63, 3.8) is 0 Å². The molecule has 0 fully saturated rings. The maximum absolute atomic E-state index is 11.0. The summed E-state index contributed by atoms with van der Waals surface area (Å²) in [5, 5.41) is 25.8. The van der Waals surface area contributed by atoms with Crippen molar-refractivity contribution in [2.75, 3.05) is 12.0 Å². The lowest BCUT2D eigenvalue weighted by Gasteiger charge is -2.12. The largest absolute Gasteiger partial charge is 0.490 e. The molecular weight excluding hydrogens is 418 g/mol. The molecule has 164 valence electrons. The van der Waals surface area contributed by atoms with Crippen molar-refractivity contribution in [3.05, 3.63) is 92.1 Å². The fourth-order valence-electron chi connectivity index (χ4n) is 2.67. The molecule has 0 bridgehead atoms. The van der Waals surface area contributed by atoms with Gasteiger partial charge in [0.15, 0.2) is 11.5 Å². The highest BCUT2D eigenvalue weighted by Crippen LogP contribution is 2.29. The molecule has 0 unspecified atom stereocenters. The molecule has 0 radical (unpaired) electrons. The molecule has 3 aromatic rings. The predicted molar refractivity (Wildman–Crippen MR) is 117 cm³/mol. The van der Waals surface area contributed by atoms with Crippen molar-refractivity contribution in [2.24, 2.45) is 5.10 Å². The van der Waals surface area contributed by atoms with Gasteiger partial charge in [-0.25, -0.2) is 4.98 Å². The molecule has 1 N–H and O–H groups in total. The number of nitrogens with zero attached hydrogens (tertiary/aromatic N) is 4. The molecule has 0 saturated heterocycles. The van der Waals surface area contributed by atoms with E-state index in [0.29, 0.717) is 23.7 Å². The number of aromatic nitrogens is 1. The van der Waals surface area contributed by atoms with E-state index in [1.165, 1.54) is 36.7 Å². The third-order valence-corrected chi connectivity index (χ3v) is 4.18. The lowest BCUT2D eigenvalue weighted by atomic mass is 10.2. The summed E-state index contributed by atoms with van der Waals surface area (Å²) >= 11 is 0. The first-order valence-electron chi connectivity index (χ1n) is 9.49. The molecule has 0 aliphatic heterocycles. The number of pyridine rings is 1. The van der Waals surface area contributed by atoms with Gasteiger partial charge < -0.3 is 9.47 Å². The van der Waals surface area contributed by atoms with Gasteiger partial charge in [-0.05, 0) is 54.4 Å². The van der Waals surface area contributed by atoms with Crippen LogP contribution in [0.25, 0.3) is 0 Å². The fraction of sp³-hybridized carbons (Fsp3) is 0.143. The van der Waals surface area contributed by atoms with Crippen molar-refractivity contribution < 1.29 is 19.3 Å². The summed E-state index contributed by atoms with van der Waals surface area (Å²) in [6, 6.07) is 14.1. The Kier molecular flexibility index (Phi) is 7.25. The number of ether oxygens (including phenoxy) is 2. The maximum atomic E-state index is 11.0. The highest BCUT2D eigenvalue weighted by molar-refractivity contribution is 5.81. The van der Waals surface area contributed by atoms with E-state index in [9.17, 15) is 20.2 Å². The van der Waals surface area contributed by atoms with E-state index in [4.69, 9.17) is 9.47 Å².